The maximum absolute atomic E-state index is 13.9. The van der Waals surface area contributed by atoms with Crippen LogP contribution in [-0.2, 0) is 4.74 Å². The van der Waals surface area contributed by atoms with Crippen LogP contribution in [0.25, 0.3) is 0 Å². The highest BCUT2D eigenvalue weighted by atomic mass is 19.1. The van der Waals surface area contributed by atoms with Crippen LogP contribution in [0.3, 0.4) is 0 Å². The summed E-state index contributed by atoms with van der Waals surface area (Å²) in [5, 5.41) is 6.77. The zero-order chi connectivity index (χ0) is 18.9. The van der Waals surface area contributed by atoms with Crippen LogP contribution in [0.5, 0.6) is 0 Å². The molecule has 0 amide bonds. The van der Waals surface area contributed by atoms with Crippen LogP contribution in [0.1, 0.15) is 45.4 Å². The molecule has 1 saturated carbocycles. The van der Waals surface area contributed by atoms with Gasteiger partial charge in [-0.25, -0.2) is 9.37 Å². The second kappa shape index (κ2) is 10.4. The Morgan fingerprint density at radius 3 is 3.00 bits per heavy atom. The van der Waals surface area contributed by atoms with Crippen LogP contribution < -0.4 is 15.5 Å². The predicted octanol–water partition coefficient (Wildman–Crippen LogP) is 2.70. The molecule has 0 radical (unpaired) electrons. The molecule has 150 valence electrons. The number of anilines is 1. The summed E-state index contributed by atoms with van der Waals surface area (Å²) in [4.78, 5) is 10.8. The maximum atomic E-state index is 13.9. The highest BCUT2D eigenvalue weighted by Gasteiger charge is 2.25. The molecule has 1 aliphatic heterocycles. The minimum absolute atomic E-state index is 0.235. The van der Waals surface area contributed by atoms with E-state index in [1.54, 1.807) is 12.3 Å². The smallest absolute Gasteiger partial charge is 0.191 e. The van der Waals surface area contributed by atoms with E-state index in [4.69, 9.17) is 4.74 Å². The number of aliphatic imine (C=N–C) groups is 1. The van der Waals surface area contributed by atoms with Crippen LogP contribution in [0.4, 0.5) is 10.2 Å². The molecule has 0 spiro atoms. The van der Waals surface area contributed by atoms with Gasteiger partial charge in [-0.1, -0.05) is 12.8 Å². The quantitative estimate of drug-likeness (QED) is 0.414. The largest absolute Gasteiger partial charge is 0.378 e. The first-order valence-electron chi connectivity index (χ1n) is 10.3. The summed E-state index contributed by atoms with van der Waals surface area (Å²) in [6, 6.07) is 3.32. The number of hydrogen-bond donors (Lipinski definition) is 2. The first kappa shape index (κ1) is 19.9. The van der Waals surface area contributed by atoms with Crippen molar-refractivity contribution in [2.45, 2.75) is 57.6 Å². The zero-order valence-corrected chi connectivity index (χ0v) is 16.3. The van der Waals surface area contributed by atoms with E-state index in [1.165, 1.54) is 31.7 Å². The lowest BCUT2D eigenvalue weighted by molar-refractivity contribution is 0.0579. The molecule has 1 saturated heterocycles. The van der Waals surface area contributed by atoms with E-state index in [0.717, 1.165) is 51.6 Å². The molecule has 27 heavy (non-hydrogen) atoms. The van der Waals surface area contributed by atoms with Gasteiger partial charge in [-0.15, -0.1) is 0 Å². The molecular formula is C20H32FN5O. The monoisotopic (exact) mass is 377 g/mol. The van der Waals surface area contributed by atoms with Crippen LogP contribution >= 0.6 is 0 Å². The van der Waals surface area contributed by atoms with Crippen LogP contribution in [0, 0.1) is 5.82 Å². The van der Waals surface area contributed by atoms with Crippen molar-refractivity contribution in [1.82, 2.24) is 15.6 Å². The summed E-state index contributed by atoms with van der Waals surface area (Å²) in [5.41, 5.74) is 0. The predicted molar refractivity (Wildman–Crippen MR) is 107 cm³/mol. The van der Waals surface area contributed by atoms with Gasteiger partial charge in [-0.3, -0.25) is 4.99 Å². The Morgan fingerprint density at radius 2 is 2.22 bits per heavy atom. The van der Waals surface area contributed by atoms with Crippen molar-refractivity contribution in [3.05, 3.63) is 24.1 Å². The molecule has 2 aliphatic rings. The lowest BCUT2D eigenvalue weighted by atomic mass is 10.3. The average Bonchev–Trinajstić information content (AvgIpc) is 3.34. The van der Waals surface area contributed by atoms with Gasteiger partial charge in [0.05, 0.1) is 6.10 Å². The standard InChI is InChI=1S/C20H32FN5O/c1-2-22-20(24-12-6-14-27-17-7-3-4-8-17)25-16-10-13-26(15-16)19-18(21)9-5-11-23-19/h5,9,11,16-17H,2-4,6-8,10,12-15H2,1H3,(H2,22,24,25). The highest BCUT2D eigenvalue weighted by Crippen LogP contribution is 2.21. The number of aromatic nitrogens is 1. The minimum Gasteiger partial charge on any atom is -0.378 e. The fraction of sp³-hybridized carbons (Fsp3) is 0.700. The van der Waals surface area contributed by atoms with Crippen molar-refractivity contribution in [2.75, 3.05) is 37.7 Å². The Hall–Kier alpha value is -1.89. The Balaban J connectivity index is 1.42. The molecule has 1 unspecified atom stereocenters. The Kier molecular flexibility index (Phi) is 7.68. The molecule has 7 heteroatoms. The lowest BCUT2D eigenvalue weighted by Crippen LogP contribution is -2.44. The summed E-state index contributed by atoms with van der Waals surface area (Å²) in [6.45, 7) is 5.92. The number of nitrogens with zero attached hydrogens (tertiary/aromatic N) is 3. The number of hydrogen-bond acceptors (Lipinski definition) is 4. The van der Waals surface area contributed by atoms with E-state index in [1.807, 2.05) is 4.90 Å². The van der Waals surface area contributed by atoms with E-state index in [2.05, 4.69) is 27.5 Å². The summed E-state index contributed by atoms with van der Waals surface area (Å²) < 4.78 is 19.8. The molecule has 2 N–H and O–H groups in total. The Bertz CT molecular complexity index is 606. The van der Waals surface area contributed by atoms with E-state index in [-0.39, 0.29) is 11.9 Å². The third-order valence-corrected chi connectivity index (χ3v) is 5.14. The van der Waals surface area contributed by atoms with E-state index in [0.29, 0.717) is 11.9 Å². The van der Waals surface area contributed by atoms with Gasteiger partial charge >= 0.3 is 0 Å². The van der Waals surface area contributed by atoms with Gasteiger partial charge in [0.2, 0.25) is 0 Å². The number of guanidine groups is 1. The zero-order valence-electron chi connectivity index (χ0n) is 16.3. The number of nitrogens with one attached hydrogen (secondary N) is 2. The molecule has 6 nitrogen and oxygen atoms in total. The van der Waals surface area contributed by atoms with Crippen molar-refractivity contribution in [1.29, 1.82) is 0 Å². The SMILES string of the molecule is CCNC(=NCCCOC1CCCC1)NC1CCN(c2ncccc2F)C1. The Labute approximate surface area is 161 Å². The van der Waals surface area contributed by atoms with Gasteiger partial charge in [-0.2, -0.15) is 0 Å². The summed E-state index contributed by atoms with van der Waals surface area (Å²) in [7, 11) is 0. The Morgan fingerprint density at radius 1 is 1.37 bits per heavy atom. The highest BCUT2D eigenvalue weighted by molar-refractivity contribution is 5.80. The van der Waals surface area contributed by atoms with Crippen molar-refractivity contribution in [3.63, 3.8) is 0 Å². The van der Waals surface area contributed by atoms with Crippen molar-refractivity contribution >= 4 is 11.8 Å². The van der Waals surface area contributed by atoms with Crippen molar-refractivity contribution in [3.8, 4) is 0 Å². The first-order chi connectivity index (χ1) is 13.3. The van der Waals surface area contributed by atoms with Gasteiger partial charge in [0.15, 0.2) is 17.6 Å². The number of ether oxygens (including phenoxy) is 1. The molecule has 1 aromatic rings. The topological polar surface area (TPSA) is 61.8 Å². The summed E-state index contributed by atoms with van der Waals surface area (Å²) in [6.07, 6.45) is 9.00. The molecule has 2 fully saturated rings. The molecule has 0 aromatic carbocycles. The summed E-state index contributed by atoms with van der Waals surface area (Å²) in [5.74, 6) is 1.00. The van der Waals surface area contributed by atoms with Gasteiger partial charge in [0.25, 0.3) is 0 Å². The molecular weight excluding hydrogens is 345 g/mol. The number of pyridine rings is 1. The van der Waals surface area contributed by atoms with Gasteiger partial charge in [0.1, 0.15) is 0 Å². The lowest BCUT2D eigenvalue weighted by Gasteiger charge is -2.20. The third-order valence-electron chi connectivity index (χ3n) is 5.14. The fourth-order valence-corrected chi connectivity index (χ4v) is 3.75. The van der Waals surface area contributed by atoms with Crippen LogP contribution in [0.15, 0.2) is 23.3 Å². The molecule has 1 aromatic heterocycles. The van der Waals surface area contributed by atoms with Crippen LogP contribution in [0.2, 0.25) is 0 Å². The number of halogens is 1. The minimum atomic E-state index is -0.263. The van der Waals surface area contributed by atoms with Gasteiger partial charge in [0, 0.05) is 45.0 Å². The average molecular weight is 378 g/mol. The second-order valence-corrected chi connectivity index (χ2v) is 7.28. The third kappa shape index (κ3) is 6.06. The molecule has 1 atom stereocenters. The first-order valence-corrected chi connectivity index (χ1v) is 10.3. The number of rotatable bonds is 8. The van der Waals surface area contributed by atoms with Crippen molar-refractivity contribution < 1.29 is 9.13 Å². The fourth-order valence-electron chi connectivity index (χ4n) is 3.75. The van der Waals surface area contributed by atoms with E-state index >= 15 is 0 Å². The normalized spacial score (nSPS) is 21.0. The molecule has 2 heterocycles. The maximum Gasteiger partial charge on any atom is 0.191 e. The van der Waals surface area contributed by atoms with E-state index in [9.17, 15) is 4.39 Å². The molecule has 0 bridgehead atoms. The molecule has 1 aliphatic carbocycles. The van der Waals surface area contributed by atoms with Crippen molar-refractivity contribution in [2.24, 2.45) is 4.99 Å². The van der Waals surface area contributed by atoms with E-state index < -0.39 is 0 Å². The van der Waals surface area contributed by atoms with Gasteiger partial charge in [-0.05, 0) is 44.7 Å². The van der Waals surface area contributed by atoms with Gasteiger partial charge < -0.3 is 20.3 Å². The molecule has 3 rings (SSSR count). The van der Waals surface area contributed by atoms with Crippen LogP contribution in [-0.4, -0.2) is 55.9 Å². The second-order valence-electron chi connectivity index (χ2n) is 7.28. The summed E-state index contributed by atoms with van der Waals surface area (Å²) >= 11 is 0.